The van der Waals surface area contributed by atoms with Gasteiger partial charge in [-0.3, -0.25) is 0 Å². The molecule has 0 atom stereocenters. The van der Waals surface area contributed by atoms with E-state index in [0.717, 1.165) is 5.56 Å². The van der Waals surface area contributed by atoms with E-state index in [2.05, 4.69) is 0 Å². The maximum Gasteiger partial charge on any atom is 0.343 e. The average Bonchev–Trinajstić information content (AvgIpc) is 2.62. The Hall–Kier alpha value is -2.22. The molecule has 1 aliphatic heterocycles. The first-order valence-corrected chi connectivity index (χ1v) is 9.79. The highest BCUT2D eigenvalue weighted by Crippen LogP contribution is 2.22. The largest absolute Gasteiger partial charge is 0.423 e. The van der Waals surface area contributed by atoms with Crippen molar-refractivity contribution in [3.63, 3.8) is 0 Å². The molecule has 3 rings (SSSR count). The Kier molecular flexibility index (Phi) is 5.41. The zero-order valence-electron chi connectivity index (χ0n) is 14.8. The van der Waals surface area contributed by atoms with Crippen LogP contribution < -0.4 is 4.74 Å². The lowest BCUT2D eigenvalue weighted by Gasteiger charge is -2.26. The monoisotopic (exact) mass is 375 g/mol. The molecule has 0 unspecified atom stereocenters. The Morgan fingerprint density at radius 1 is 1.08 bits per heavy atom. The maximum absolute atomic E-state index is 12.8. The van der Waals surface area contributed by atoms with Gasteiger partial charge in [0.25, 0.3) is 0 Å². The van der Waals surface area contributed by atoms with Crippen molar-refractivity contribution in [1.29, 1.82) is 0 Å². The fraction of sp³-hybridized carbons (Fsp3) is 0.316. The van der Waals surface area contributed by atoms with Gasteiger partial charge in [-0.05, 0) is 49.2 Å². The van der Waals surface area contributed by atoms with Crippen molar-refractivity contribution in [2.45, 2.75) is 18.7 Å². The number of benzene rings is 2. The molecule has 6 nitrogen and oxygen atoms in total. The molecule has 0 radical (unpaired) electrons. The summed E-state index contributed by atoms with van der Waals surface area (Å²) in [4.78, 5) is 12.6. The van der Waals surface area contributed by atoms with Crippen LogP contribution in [0, 0.1) is 13.8 Å². The molecule has 138 valence electrons. The average molecular weight is 375 g/mol. The first kappa shape index (κ1) is 18.6. The van der Waals surface area contributed by atoms with Crippen LogP contribution in [0.2, 0.25) is 0 Å². The minimum atomic E-state index is -3.67. The molecule has 0 aromatic heterocycles. The minimum Gasteiger partial charge on any atom is -0.423 e. The number of nitrogens with zero attached hydrogens (tertiary/aromatic N) is 1. The van der Waals surface area contributed by atoms with E-state index in [0.29, 0.717) is 37.6 Å². The van der Waals surface area contributed by atoms with Crippen molar-refractivity contribution in [3.05, 3.63) is 59.2 Å². The second-order valence-corrected chi connectivity index (χ2v) is 8.14. The van der Waals surface area contributed by atoms with Gasteiger partial charge in [0.2, 0.25) is 10.0 Å². The van der Waals surface area contributed by atoms with Gasteiger partial charge in [-0.25, -0.2) is 13.2 Å². The molecule has 0 saturated carbocycles. The van der Waals surface area contributed by atoms with Crippen molar-refractivity contribution in [1.82, 2.24) is 4.31 Å². The van der Waals surface area contributed by atoms with E-state index in [1.54, 1.807) is 31.2 Å². The summed E-state index contributed by atoms with van der Waals surface area (Å²) in [5.41, 5.74) is 1.86. The highest BCUT2D eigenvalue weighted by Gasteiger charge is 2.27. The number of ether oxygens (including phenoxy) is 2. The number of carbonyl (C=O) groups excluding carboxylic acids is 1. The van der Waals surface area contributed by atoms with Crippen LogP contribution in [-0.2, 0) is 14.8 Å². The molecule has 0 N–H and O–H groups in total. The molecule has 0 spiro atoms. The maximum atomic E-state index is 12.8. The summed E-state index contributed by atoms with van der Waals surface area (Å²) in [5, 5.41) is 0. The summed E-state index contributed by atoms with van der Waals surface area (Å²) in [5.74, 6) is -0.150. The first-order valence-electron chi connectivity index (χ1n) is 8.35. The lowest BCUT2D eigenvalue weighted by molar-refractivity contribution is 0.0727. The first-order chi connectivity index (χ1) is 12.4. The fourth-order valence-electron chi connectivity index (χ4n) is 2.76. The zero-order chi connectivity index (χ0) is 18.7. The highest BCUT2D eigenvalue weighted by atomic mass is 32.2. The summed E-state index contributed by atoms with van der Waals surface area (Å²) in [6.45, 7) is 5.00. The van der Waals surface area contributed by atoms with Gasteiger partial charge in [0.1, 0.15) is 5.75 Å². The molecule has 1 saturated heterocycles. The number of sulfonamides is 1. The van der Waals surface area contributed by atoms with Crippen LogP contribution in [0.25, 0.3) is 0 Å². The van der Waals surface area contributed by atoms with Crippen molar-refractivity contribution in [2.24, 2.45) is 0 Å². The quantitative estimate of drug-likeness (QED) is 0.607. The third-order valence-electron chi connectivity index (χ3n) is 4.24. The summed E-state index contributed by atoms with van der Waals surface area (Å²) >= 11 is 0. The third kappa shape index (κ3) is 3.95. The van der Waals surface area contributed by atoms with Gasteiger partial charge >= 0.3 is 5.97 Å². The normalized spacial score (nSPS) is 15.6. The smallest absolute Gasteiger partial charge is 0.343 e. The summed E-state index contributed by atoms with van der Waals surface area (Å²) in [6, 6.07) is 11.7. The van der Waals surface area contributed by atoms with Gasteiger partial charge in [0.15, 0.2) is 0 Å². The SMILES string of the molecule is Cc1cccc(OC(=O)c2cc(S(=O)(=O)N3CCOCC3)ccc2C)c1. The molecule has 0 amide bonds. The predicted molar refractivity (Wildman–Crippen MR) is 96.9 cm³/mol. The topological polar surface area (TPSA) is 72.9 Å². The Balaban J connectivity index is 1.88. The van der Waals surface area contributed by atoms with Gasteiger partial charge in [-0.2, -0.15) is 4.31 Å². The number of hydrogen-bond acceptors (Lipinski definition) is 5. The van der Waals surface area contributed by atoms with Crippen LogP contribution in [0.4, 0.5) is 0 Å². The molecule has 0 aliphatic carbocycles. The molecule has 1 heterocycles. The Labute approximate surface area is 153 Å². The van der Waals surface area contributed by atoms with Gasteiger partial charge in [-0.15, -0.1) is 0 Å². The Bertz CT molecular complexity index is 917. The van der Waals surface area contributed by atoms with E-state index in [4.69, 9.17) is 9.47 Å². The number of carbonyl (C=O) groups is 1. The molecule has 0 bridgehead atoms. The van der Waals surface area contributed by atoms with E-state index in [9.17, 15) is 13.2 Å². The van der Waals surface area contributed by atoms with E-state index >= 15 is 0 Å². The lowest BCUT2D eigenvalue weighted by atomic mass is 10.1. The lowest BCUT2D eigenvalue weighted by Crippen LogP contribution is -2.40. The molecular formula is C19H21NO5S. The van der Waals surface area contributed by atoms with E-state index in [1.807, 2.05) is 13.0 Å². The number of aryl methyl sites for hydroxylation is 2. The van der Waals surface area contributed by atoms with E-state index in [1.165, 1.54) is 16.4 Å². The van der Waals surface area contributed by atoms with Gasteiger partial charge in [0, 0.05) is 13.1 Å². The zero-order valence-corrected chi connectivity index (χ0v) is 15.6. The molecule has 2 aromatic rings. The number of rotatable bonds is 4. The van der Waals surface area contributed by atoms with Gasteiger partial charge in [-0.1, -0.05) is 18.2 Å². The van der Waals surface area contributed by atoms with Crippen molar-refractivity contribution >= 4 is 16.0 Å². The Morgan fingerprint density at radius 2 is 1.81 bits per heavy atom. The molecule has 26 heavy (non-hydrogen) atoms. The standard InChI is InChI=1S/C19H21NO5S/c1-14-4-3-5-16(12-14)25-19(21)18-13-17(7-6-15(18)2)26(22,23)20-8-10-24-11-9-20/h3-7,12-13H,8-11H2,1-2H3. The van der Waals surface area contributed by atoms with Gasteiger partial charge in [0.05, 0.1) is 23.7 Å². The number of esters is 1. The van der Waals surface area contributed by atoms with Crippen LogP contribution in [0.15, 0.2) is 47.4 Å². The summed E-state index contributed by atoms with van der Waals surface area (Å²) in [6.07, 6.45) is 0. The fourth-order valence-corrected chi connectivity index (χ4v) is 4.19. The number of hydrogen-bond donors (Lipinski definition) is 0. The van der Waals surface area contributed by atoms with Crippen LogP contribution in [-0.4, -0.2) is 45.0 Å². The molecular weight excluding hydrogens is 354 g/mol. The van der Waals surface area contributed by atoms with Crippen LogP contribution >= 0.6 is 0 Å². The summed E-state index contributed by atoms with van der Waals surface area (Å²) < 4.78 is 37.6. The molecule has 1 aliphatic rings. The molecule has 1 fully saturated rings. The minimum absolute atomic E-state index is 0.0844. The van der Waals surface area contributed by atoms with Crippen LogP contribution in [0.3, 0.4) is 0 Å². The van der Waals surface area contributed by atoms with E-state index < -0.39 is 16.0 Å². The van der Waals surface area contributed by atoms with Crippen molar-refractivity contribution in [3.8, 4) is 5.75 Å². The van der Waals surface area contributed by atoms with Crippen molar-refractivity contribution in [2.75, 3.05) is 26.3 Å². The predicted octanol–water partition coefficient (Wildman–Crippen LogP) is 2.54. The third-order valence-corrected chi connectivity index (χ3v) is 6.13. The number of morpholine rings is 1. The van der Waals surface area contributed by atoms with Gasteiger partial charge < -0.3 is 9.47 Å². The van der Waals surface area contributed by atoms with Crippen LogP contribution in [0.5, 0.6) is 5.75 Å². The van der Waals surface area contributed by atoms with Crippen molar-refractivity contribution < 1.29 is 22.7 Å². The Morgan fingerprint density at radius 3 is 2.50 bits per heavy atom. The molecule has 7 heteroatoms. The molecule has 2 aromatic carbocycles. The van der Waals surface area contributed by atoms with E-state index in [-0.39, 0.29) is 10.5 Å². The second kappa shape index (κ2) is 7.57. The highest BCUT2D eigenvalue weighted by molar-refractivity contribution is 7.89. The summed E-state index contributed by atoms with van der Waals surface area (Å²) in [7, 11) is -3.67. The van der Waals surface area contributed by atoms with Crippen LogP contribution in [0.1, 0.15) is 21.5 Å². The second-order valence-electron chi connectivity index (χ2n) is 6.20.